The molecule has 0 bridgehead atoms. The SMILES string of the molecule is CC[C@@H](C)NC(=O)CN1C(=O)N[C@](CC)(c2ccc(OC)cc2)C1=O. The summed E-state index contributed by atoms with van der Waals surface area (Å²) in [7, 11) is 1.56. The second-order valence-electron chi connectivity index (χ2n) is 6.19. The van der Waals surface area contributed by atoms with E-state index >= 15 is 0 Å². The topological polar surface area (TPSA) is 87.7 Å². The smallest absolute Gasteiger partial charge is 0.325 e. The second kappa shape index (κ2) is 7.55. The van der Waals surface area contributed by atoms with Gasteiger partial charge < -0.3 is 15.4 Å². The van der Waals surface area contributed by atoms with Crippen molar-refractivity contribution in [2.24, 2.45) is 0 Å². The van der Waals surface area contributed by atoms with Crippen LogP contribution in [0, 0.1) is 0 Å². The van der Waals surface area contributed by atoms with Gasteiger partial charge in [-0.05, 0) is 37.5 Å². The Labute approximate surface area is 147 Å². The minimum absolute atomic E-state index is 0.00853. The maximum absolute atomic E-state index is 12.9. The molecule has 1 aliphatic heterocycles. The molecule has 0 spiro atoms. The van der Waals surface area contributed by atoms with Gasteiger partial charge in [-0.2, -0.15) is 0 Å². The van der Waals surface area contributed by atoms with Crippen LogP contribution in [0.3, 0.4) is 0 Å². The van der Waals surface area contributed by atoms with Crippen molar-refractivity contribution in [3.8, 4) is 5.75 Å². The Bertz CT molecular complexity index is 659. The Morgan fingerprint density at radius 1 is 1.28 bits per heavy atom. The van der Waals surface area contributed by atoms with Gasteiger partial charge in [0.05, 0.1) is 7.11 Å². The normalized spacial score (nSPS) is 21.0. The Hall–Kier alpha value is -2.57. The molecule has 0 saturated carbocycles. The number of nitrogens with zero attached hydrogens (tertiary/aromatic N) is 1. The number of carbonyl (C=O) groups excluding carboxylic acids is 3. The fraction of sp³-hybridized carbons (Fsp3) is 0.500. The highest BCUT2D eigenvalue weighted by atomic mass is 16.5. The quantitative estimate of drug-likeness (QED) is 0.736. The molecule has 1 aromatic carbocycles. The third kappa shape index (κ3) is 3.60. The van der Waals surface area contributed by atoms with Crippen molar-refractivity contribution in [3.05, 3.63) is 29.8 Å². The third-order valence-corrected chi connectivity index (χ3v) is 4.61. The Morgan fingerprint density at radius 3 is 2.44 bits per heavy atom. The number of urea groups is 1. The summed E-state index contributed by atoms with van der Waals surface area (Å²) in [4.78, 5) is 38.3. The van der Waals surface area contributed by atoms with Gasteiger partial charge in [-0.15, -0.1) is 0 Å². The van der Waals surface area contributed by atoms with Crippen molar-refractivity contribution in [1.82, 2.24) is 15.5 Å². The summed E-state index contributed by atoms with van der Waals surface area (Å²) in [6.07, 6.45) is 1.16. The van der Waals surface area contributed by atoms with Gasteiger partial charge in [0, 0.05) is 6.04 Å². The van der Waals surface area contributed by atoms with Crippen LogP contribution in [0.1, 0.15) is 39.2 Å². The summed E-state index contributed by atoms with van der Waals surface area (Å²) in [5.74, 6) is -0.0967. The molecule has 2 N–H and O–H groups in total. The lowest BCUT2D eigenvalue weighted by molar-refractivity contribution is -0.135. The first-order valence-electron chi connectivity index (χ1n) is 8.46. The average Bonchev–Trinajstić information content (AvgIpc) is 2.86. The fourth-order valence-electron chi connectivity index (χ4n) is 2.85. The van der Waals surface area contributed by atoms with E-state index in [0.29, 0.717) is 17.7 Å². The van der Waals surface area contributed by atoms with Gasteiger partial charge in [0.1, 0.15) is 17.8 Å². The number of hydrogen-bond donors (Lipinski definition) is 2. The highest BCUT2D eigenvalue weighted by Gasteiger charge is 2.51. The Morgan fingerprint density at radius 2 is 1.92 bits per heavy atom. The Kier molecular flexibility index (Phi) is 5.66. The van der Waals surface area contributed by atoms with Gasteiger partial charge in [-0.25, -0.2) is 4.79 Å². The van der Waals surface area contributed by atoms with Gasteiger partial charge in [-0.1, -0.05) is 26.0 Å². The standard InChI is InChI=1S/C18H25N3O4/c1-5-12(3)19-15(22)11-21-16(23)18(6-2,20-17(21)24)13-7-9-14(25-4)10-8-13/h7-10,12H,5-6,11H2,1-4H3,(H,19,22)(H,20,24)/t12-,18-/m1/s1. The molecule has 25 heavy (non-hydrogen) atoms. The number of ether oxygens (including phenoxy) is 1. The van der Waals surface area contributed by atoms with Crippen LogP contribution in [-0.4, -0.2) is 42.4 Å². The number of rotatable bonds is 7. The van der Waals surface area contributed by atoms with E-state index in [1.54, 1.807) is 31.4 Å². The molecule has 1 saturated heterocycles. The third-order valence-electron chi connectivity index (χ3n) is 4.61. The van der Waals surface area contributed by atoms with E-state index in [-0.39, 0.29) is 18.5 Å². The summed E-state index contributed by atoms with van der Waals surface area (Å²) in [5, 5.41) is 5.53. The molecule has 0 aromatic heterocycles. The lowest BCUT2D eigenvalue weighted by Gasteiger charge is -2.26. The Balaban J connectivity index is 2.23. The number of hydrogen-bond acceptors (Lipinski definition) is 4. The molecule has 7 heteroatoms. The average molecular weight is 347 g/mol. The summed E-state index contributed by atoms with van der Waals surface area (Å²) in [6.45, 7) is 5.36. The molecular weight excluding hydrogens is 322 g/mol. The van der Waals surface area contributed by atoms with E-state index in [2.05, 4.69) is 10.6 Å². The molecule has 1 heterocycles. The number of amides is 4. The molecule has 7 nitrogen and oxygen atoms in total. The molecule has 1 aliphatic rings. The monoisotopic (exact) mass is 347 g/mol. The molecule has 1 aromatic rings. The summed E-state index contributed by atoms with van der Waals surface area (Å²) < 4.78 is 5.13. The molecular formula is C18H25N3O4. The molecule has 0 unspecified atom stereocenters. The summed E-state index contributed by atoms with van der Waals surface area (Å²) >= 11 is 0. The van der Waals surface area contributed by atoms with E-state index in [4.69, 9.17) is 4.74 Å². The van der Waals surface area contributed by atoms with Gasteiger partial charge in [0.15, 0.2) is 0 Å². The van der Waals surface area contributed by atoms with Crippen LogP contribution in [-0.2, 0) is 15.1 Å². The first-order chi connectivity index (χ1) is 11.9. The van der Waals surface area contributed by atoms with Crippen molar-refractivity contribution in [1.29, 1.82) is 0 Å². The predicted octanol–water partition coefficient (Wildman–Crippen LogP) is 1.77. The lowest BCUT2D eigenvalue weighted by atomic mass is 9.87. The number of nitrogens with one attached hydrogen (secondary N) is 2. The van der Waals surface area contributed by atoms with Crippen molar-refractivity contribution in [2.75, 3.05) is 13.7 Å². The minimum Gasteiger partial charge on any atom is -0.497 e. The highest BCUT2D eigenvalue weighted by Crippen LogP contribution is 2.33. The first-order valence-corrected chi connectivity index (χ1v) is 8.46. The van der Waals surface area contributed by atoms with Gasteiger partial charge in [0.2, 0.25) is 5.91 Å². The van der Waals surface area contributed by atoms with E-state index < -0.39 is 17.5 Å². The van der Waals surface area contributed by atoms with Crippen LogP contribution in [0.25, 0.3) is 0 Å². The summed E-state index contributed by atoms with van der Waals surface area (Å²) in [5.41, 5.74) is -0.487. The zero-order valence-corrected chi connectivity index (χ0v) is 15.1. The van der Waals surface area contributed by atoms with Gasteiger partial charge in [-0.3, -0.25) is 14.5 Å². The van der Waals surface area contributed by atoms with Crippen molar-refractivity contribution < 1.29 is 19.1 Å². The van der Waals surface area contributed by atoms with Gasteiger partial charge >= 0.3 is 6.03 Å². The predicted molar refractivity (Wildman–Crippen MR) is 93.1 cm³/mol. The number of imide groups is 1. The summed E-state index contributed by atoms with van der Waals surface area (Å²) in [6, 6.07) is 6.43. The fourth-order valence-corrected chi connectivity index (χ4v) is 2.85. The van der Waals surface area contributed by atoms with Crippen LogP contribution >= 0.6 is 0 Å². The molecule has 1 fully saturated rings. The maximum atomic E-state index is 12.9. The van der Waals surface area contributed by atoms with Crippen LogP contribution in [0.5, 0.6) is 5.75 Å². The largest absolute Gasteiger partial charge is 0.497 e. The van der Waals surface area contributed by atoms with Crippen LogP contribution in [0.2, 0.25) is 0 Å². The highest BCUT2D eigenvalue weighted by molar-refractivity contribution is 6.09. The zero-order valence-electron chi connectivity index (χ0n) is 15.1. The zero-order chi connectivity index (χ0) is 18.6. The van der Waals surface area contributed by atoms with Crippen molar-refractivity contribution >= 4 is 17.8 Å². The van der Waals surface area contributed by atoms with E-state index in [9.17, 15) is 14.4 Å². The van der Waals surface area contributed by atoms with E-state index in [1.807, 2.05) is 20.8 Å². The number of benzene rings is 1. The molecule has 136 valence electrons. The lowest BCUT2D eigenvalue weighted by Crippen LogP contribution is -2.45. The minimum atomic E-state index is -1.15. The number of methoxy groups -OCH3 is 1. The van der Waals surface area contributed by atoms with Crippen LogP contribution in [0.15, 0.2) is 24.3 Å². The van der Waals surface area contributed by atoms with E-state index in [0.717, 1.165) is 11.3 Å². The van der Waals surface area contributed by atoms with E-state index in [1.165, 1.54) is 0 Å². The van der Waals surface area contributed by atoms with Crippen molar-refractivity contribution in [2.45, 2.75) is 45.2 Å². The number of carbonyl (C=O) groups is 3. The van der Waals surface area contributed by atoms with Crippen LogP contribution in [0.4, 0.5) is 4.79 Å². The molecule has 4 amide bonds. The first kappa shape index (κ1) is 18.8. The maximum Gasteiger partial charge on any atom is 0.325 e. The molecule has 2 atom stereocenters. The van der Waals surface area contributed by atoms with Crippen molar-refractivity contribution in [3.63, 3.8) is 0 Å². The van der Waals surface area contributed by atoms with Crippen LogP contribution < -0.4 is 15.4 Å². The molecule has 0 radical (unpaired) electrons. The van der Waals surface area contributed by atoms with Gasteiger partial charge in [0.25, 0.3) is 5.91 Å². The molecule has 2 rings (SSSR count). The second-order valence-corrected chi connectivity index (χ2v) is 6.19. The molecule has 0 aliphatic carbocycles.